The highest BCUT2D eigenvalue weighted by molar-refractivity contribution is 9.10. The maximum atomic E-state index is 12.9. The van der Waals surface area contributed by atoms with Crippen LogP contribution in [0.3, 0.4) is 0 Å². The van der Waals surface area contributed by atoms with E-state index in [1.807, 2.05) is 13.8 Å². The fourth-order valence-electron chi connectivity index (χ4n) is 2.65. The number of hydrogen-bond acceptors (Lipinski definition) is 4. The molecule has 1 heterocycles. The number of benzene rings is 2. The Morgan fingerprint density at radius 3 is 2.48 bits per heavy atom. The van der Waals surface area contributed by atoms with Gasteiger partial charge in [0.25, 0.3) is 11.8 Å². The van der Waals surface area contributed by atoms with Gasteiger partial charge in [-0.2, -0.15) is 0 Å². The minimum absolute atomic E-state index is 0.00730. The van der Waals surface area contributed by atoms with E-state index in [9.17, 15) is 14.4 Å². The predicted octanol–water partition coefficient (Wildman–Crippen LogP) is 4.95. The number of halogens is 2. The summed E-state index contributed by atoms with van der Waals surface area (Å²) in [5.41, 5.74) is 0.721. The minimum Gasteiger partial charge on any atom is -0.489 e. The zero-order valence-corrected chi connectivity index (χ0v) is 18.1. The standard InChI is InChI=1S/C21H18BrClN2O4/c1-3-12(2)29-18-9-4-13(11-17(18)23)10-16-19(26)24-21(28)25(20(16)27)15-7-5-14(22)6-8-15/h4-12H,3H2,1-2H3,(H,24,26,28)/b16-10-/t12-/m1/s1. The molecule has 0 bridgehead atoms. The van der Waals surface area contributed by atoms with Gasteiger partial charge in [0.05, 0.1) is 16.8 Å². The van der Waals surface area contributed by atoms with E-state index in [1.54, 1.807) is 42.5 Å². The summed E-state index contributed by atoms with van der Waals surface area (Å²) in [6.45, 7) is 3.94. The highest BCUT2D eigenvalue weighted by Gasteiger charge is 2.36. The minimum atomic E-state index is -0.796. The smallest absolute Gasteiger partial charge is 0.335 e. The van der Waals surface area contributed by atoms with Crippen LogP contribution in [-0.2, 0) is 9.59 Å². The molecule has 1 atom stereocenters. The van der Waals surface area contributed by atoms with Crippen LogP contribution in [0.25, 0.3) is 6.08 Å². The lowest BCUT2D eigenvalue weighted by molar-refractivity contribution is -0.122. The van der Waals surface area contributed by atoms with Crippen molar-refractivity contribution < 1.29 is 19.1 Å². The van der Waals surface area contributed by atoms with Crippen LogP contribution < -0.4 is 15.0 Å². The van der Waals surface area contributed by atoms with E-state index in [0.29, 0.717) is 22.0 Å². The molecule has 2 aromatic carbocycles. The molecule has 150 valence electrons. The van der Waals surface area contributed by atoms with Crippen molar-refractivity contribution in [3.05, 3.63) is 63.1 Å². The summed E-state index contributed by atoms with van der Waals surface area (Å²) in [7, 11) is 0. The van der Waals surface area contributed by atoms with Crippen LogP contribution >= 0.6 is 27.5 Å². The molecule has 2 aromatic rings. The van der Waals surface area contributed by atoms with Gasteiger partial charge >= 0.3 is 6.03 Å². The van der Waals surface area contributed by atoms with Gasteiger partial charge in [0.1, 0.15) is 11.3 Å². The maximum absolute atomic E-state index is 12.9. The molecule has 6 nitrogen and oxygen atoms in total. The van der Waals surface area contributed by atoms with Crippen LogP contribution in [0.15, 0.2) is 52.5 Å². The predicted molar refractivity (Wildman–Crippen MR) is 115 cm³/mol. The number of nitrogens with zero attached hydrogens (tertiary/aromatic N) is 1. The highest BCUT2D eigenvalue weighted by atomic mass is 79.9. The van der Waals surface area contributed by atoms with Gasteiger partial charge in [-0.25, -0.2) is 9.69 Å². The maximum Gasteiger partial charge on any atom is 0.335 e. The molecule has 1 saturated heterocycles. The Balaban J connectivity index is 1.92. The van der Waals surface area contributed by atoms with E-state index in [-0.39, 0.29) is 11.7 Å². The first-order valence-corrected chi connectivity index (χ1v) is 10.1. The van der Waals surface area contributed by atoms with Crippen LogP contribution in [0.4, 0.5) is 10.5 Å². The lowest BCUT2D eigenvalue weighted by Crippen LogP contribution is -2.54. The van der Waals surface area contributed by atoms with Gasteiger partial charge in [0.2, 0.25) is 0 Å². The molecule has 0 aliphatic carbocycles. The van der Waals surface area contributed by atoms with Gasteiger partial charge in [-0.3, -0.25) is 14.9 Å². The molecule has 0 unspecified atom stereocenters. The Kier molecular flexibility index (Phi) is 6.39. The molecule has 3 rings (SSSR count). The molecule has 1 N–H and O–H groups in total. The quantitative estimate of drug-likeness (QED) is 0.488. The molecule has 0 radical (unpaired) electrons. The lowest BCUT2D eigenvalue weighted by atomic mass is 10.1. The molecule has 0 saturated carbocycles. The van der Waals surface area contributed by atoms with Crippen molar-refractivity contribution >= 4 is 57.1 Å². The monoisotopic (exact) mass is 476 g/mol. The van der Waals surface area contributed by atoms with E-state index in [0.717, 1.165) is 15.8 Å². The largest absolute Gasteiger partial charge is 0.489 e. The van der Waals surface area contributed by atoms with Gasteiger partial charge in [-0.1, -0.05) is 40.5 Å². The lowest BCUT2D eigenvalue weighted by Gasteiger charge is -2.26. The van der Waals surface area contributed by atoms with Crippen LogP contribution in [0, 0.1) is 0 Å². The summed E-state index contributed by atoms with van der Waals surface area (Å²) in [6.07, 6.45) is 2.24. The number of hydrogen-bond donors (Lipinski definition) is 1. The summed E-state index contributed by atoms with van der Waals surface area (Å²) in [4.78, 5) is 38.3. The molecule has 4 amide bonds. The Labute approximate surface area is 181 Å². The number of imide groups is 2. The third kappa shape index (κ3) is 4.68. The number of carbonyl (C=O) groups is 3. The van der Waals surface area contributed by atoms with Crippen molar-refractivity contribution in [2.45, 2.75) is 26.4 Å². The Morgan fingerprint density at radius 1 is 1.17 bits per heavy atom. The summed E-state index contributed by atoms with van der Waals surface area (Å²) >= 11 is 9.58. The van der Waals surface area contributed by atoms with Crippen molar-refractivity contribution in [1.82, 2.24) is 5.32 Å². The number of ether oxygens (including phenoxy) is 1. The van der Waals surface area contributed by atoms with E-state index in [1.165, 1.54) is 6.08 Å². The summed E-state index contributed by atoms with van der Waals surface area (Å²) < 4.78 is 6.52. The Morgan fingerprint density at radius 2 is 1.86 bits per heavy atom. The Bertz CT molecular complexity index is 1000. The van der Waals surface area contributed by atoms with Gasteiger partial charge in [-0.05, 0) is 61.4 Å². The first kappa shape index (κ1) is 21.1. The van der Waals surface area contributed by atoms with Crippen molar-refractivity contribution in [3.8, 4) is 5.75 Å². The molecule has 29 heavy (non-hydrogen) atoms. The van der Waals surface area contributed by atoms with Gasteiger partial charge in [0, 0.05) is 4.47 Å². The number of amides is 4. The SMILES string of the molecule is CC[C@@H](C)Oc1ccc(/C=C2/C(=O)NC(=O)N(c3ccc(Br)cc3)C2=O)cc1Cl. The van der Waals surface area contributed by atoms with E-state index in [2.05, 4.69) is 21.2 Å². The molecule has 1 fully saturated rings. The van der Waals surface area contributed by atoms with Crippen molar-refractivity contribution in [3.63, 3.8) is 0 Å². The summed E-state index contributed by atoms with van der Waals surface area (Å²) in [5.74, 6) is -0.948. The average Bonchev–Trinajstić information content (AvgIpc) is 2.68. The fraction of sp³-hybridized carbons (Fsp3) is 0.190. The molecule has 0 aromatic heterocycles. The normalized spacial score (nSPS) is 16.8. The number of carbonyl (C=O) groups excluding carboxylic acids is 3. The van der Waals surface area contributed by atoms with E-state index >= 15 is 0 Å². The number of rotatable bonds is 5. The fourth-order valence-corrected chi connectivity index (χ4v) is 3.15. The second kappa shape index (κ2) is 8.80. The zero-order chi connectivity index (χ0) is 21.1. The van der Waals surface area contributed by atoms with E-state index in [4.69, 9.17) is 16.3 Å². The topological polar surface area (TPSA) is 75.7 Å². The summed E-state index contributed by atoms with van der Waals surface area (Å²) in [6, 6.07) is 10.8. The molecule has 1 aliphatic heterocycles. The average molecular weight is 478 g/mol. The third-order valence-corrected chi connectivity index (χ3v) is 5.18. The van der Waals surface area contributed by atoms with Crippen molar-refractivity contribution in [2.24, 2.45) is 0 Å². The van der Waals surface area contributed by atoms with Gasteiger partial charge in [0.15, 0.2) is 0 Å². The summed E-state index contributed by atoms with van der Waals surface area (Å²) in [5, 5.41) is 2.56. The molecular formula is C21H18BrClN2O4. The molecule has 8 heteroatoms. The second-order valence-electron chi connectivity index (χ2n) is 6.46. The first-order valence-electron chi connectivity index (χ1n) is 8.93. The highest BCUT2D eigenvalue weighted by Crippen LogP contribution is 2.29. The molecule has 1 aliphatic rings. The van der Waals surface area contributed by atoms with Crippen LogP contribution in [-0.4, -0.2) is 23.9 Å². The van der Waals surface area contributed by atoms with Gasteiger partial charge in [-0.15, -0.1) is 0 Å². The number of anilines is 1. The first-order chi connectivity index (χ1) is 13.8. The van der Waals surface area contributed by atoms with E-state index < -0.39 is 17.8 Å². The Hall–Kier alpha value is -2.64. The molecule has 0 spiro atoms. The van der Waals surface area contributed by atoms with Crippen molar-refractivity contribution in [1.29, 1.82) is 0 Å². The zero-order valence-electron chi connectivity index (χ0n) is 15.7. The number of nitrogens with one attached hydrogen (secondary N) is 1. The van der Waals surface area contributed by atoms with Crippen LogP contribution in [0.2, 0.25) is 5.02 Å². The van der Waals surface area contributed by atoms with Gasteiger partial charge < -0.3 is 4.74 Å². The molecular weight excluding hydrogens is 460 g/mol. The van der Waals surface area contributed by atoms with Crippen LogP contribution in [0.5, 0.6) is 5.75 Å². The van der Waals surface area contributed by atoms with Crippen molar-refractivity contribution in [2.75, 3.05) is 4.90 Å². The second-order valence-corrected chi connectivity index (χ2v) is 7.78. The van der Waals surface area contributed by atoms with Crippen LogP contribution in [0.1, 0.15) is 25.8 Å². The number of urea groups is 1. The number of barbiturate groups is 1. The third-order valence-electron chi connectivity index (χ3n) is 4.36.